The van der Waals surface area contributed by atoms with Gasteiger partial charge in [0.2, 0.25) is 0 Å². The molecule has 1 fully saturated rings. The summed E-state index contributed by atoms with van der Waals surface area (Å²) in [6.45, 7) is 5.92. The summed E-state index contributed by atoms with van der Waals surface area (Å²) in [4.78, 5) is 16.7. The van der Waals surface area contributed by atoms with Crippen LogP contribution in [0.15, 0.2) is 28.7 Å². The van der Waals surface area contributed by atoms with Crippen LogP contribution in [-0.2, 0) is 0 Å². The molecule has 3 nitrogen and oxygen atoms in total. The molecule has 1 aromatic rings. The number of halogens is 1. The third-order valence-electron chi connectivity index (χ3n) is 3.72. The molecule has 1 aliphatic rings. The first-order valence-corrected chi connectivity index (χ1v) is 7.05. The number of amides is 1. The summed E-state index contributed by atoms with van der Waals surface area (Å²) in [5.74, 6) is 0.128. The van der Waals surface area contributed by atoms with E-state index >= 15 is 0 Å². The SMILES string of the molecule is CC1CN(C(=O)c2cccc(Br)c2)CC(C)N1C. The van der Waals surface area contributed by atoms with Crippen molar-refractivity contribution in [2.75, 3.05) is 20.1 Å². The van der Waals surface area contributed by atoms with Crippen LogP contribution in [-0.4, -0.2) is 47.9 Å². The maximum absolute atomic E-state index is 12.4. The zero-order chi connectivity index (χ0) is 13.3. The molecular formula is C14H19BrN2O. The minimum Gasteiger partial charge on any atom is -0.336 e. The summed E-state index contributed by atoms with van der Waals surface area (Å²) in [7, 11) is 2.12. The lowest BCUT2D eigenvalue weighted by Crippen LogP contribution is -2.56. The summed E-state index contributed by atoms with van der Waals surface area (Å²) in [5.41, 5.74) is 0.758. The van der Waals surface area contributed by atoms with Gasteiger partial charge in [0.05, 0.1) is 0 Å². The Balaban J connectivity index is 2.15. The Hall–Kier alpha value is -0.870. The van der Waals surface area contributed by atoms with Crippen LogP contribution in [0.3, 0.4) is 0 Å². The minimum absolute atomic E-state index is 0.128. The van der Waals surface area contributed by atoms with Gasteiger partial charge >= 0.3 is 0 Å². The van der Waals surface area contributed by atoms with E-state index in [9.17, 15) is 4.79 Å². The van der Waals surface area contributed by atoms with E-state index in [0.717, 1.165) is 23.1 Å². The highest BCUT2D eigenvalue weighted by Gasteiger charge is 2.29. The van der Waals surface area contributed by atoms with Gasteiger partial charge in [0.1, 0.15) is 0 Å². The second kappa shape index (κ2) is 5.41. The molecule has 0 aromatic heterocycles. The van der Waals surface area contributed by atoms with E-state index in [4.69, 9.17) is 0 Å². The Labute approximate surface area is 117 Å². The van der Waals surface area contributed by atoms with Crippen LogP contribution in [0.2, 0.25) is 0 Å². The summed E-state index contributed by atoms with van der Waals surface area (Å²) >= 11 is 3.41. The first kappa shape index (κ1) is 13.6. The average Bonchev–Trinajstić information content (AvgIpc) is 2.34. The van der Waals surface area contributed by atoms with Gasteiger partial charge in [-0.3, -0.25) is 9.69 Å². The quantitative estimate of drug-likeness (QED) is 0.796. The molecule has 0 spiro atoms. The van der Waals surface area contributed by atoms with Crippen LogP contribution in [0.1, 0.15) is 24.2 Å². The Morgan fingerprint density at radius 3 is 2.44 bits per heavy atom. The highest BCUT2D eigenvalue weighted by molar-refractivity contribution is 9.10. The van der Waals surface area contributed by atoms with Crippen molar-refractivity contribution < 1.29 is 4.79 Å². The molecule has 1 aliphatic heterocycles. The maximum atomic E-state index is 12.4. The monoisotopic (exact) mass is 310 g/mol. The molecule has 1 saturated heterocycles. The molecule has 2 unspecified atom stereocenters. The Morgan fingerprint density at radius 2 is 1.89 bits per heavy atom. The van der Waals surface area contributed by atoms with Gasteiger partial charge in [-0.1, -0.05) is 22.0 Å². The van der Waals surface area contributed by atoms with E-state index in [-0.39, 0.29) is 5.91 Å². The van der Waals surface area contributed by atoms with E-state index in [0.29, 0.717) is 12.1 Å². The third kappa shape index (κ3) is 2.75. The summed E-state index contributed by atoms with van der Waals surface area (Å²) in [6, 6.07) is 8.41. The fourth-order valence-corrected chi connectivity index (χ4v) is 2.77. The van der Waals surface area contributed by atoms with Crippen LogP contribution in [0.5, 0.6) is 0 Å². The second-order valence-corrected chi connectivity index (χ2v) is 6.00. The van der Waals surface area contributed by atoms with Crippen LogP contribution < -0.4 is 0 Å². The molecule has 18 heavy (non-hydrogen) atoms. The van der Waals surface area contributed by atoms with E-state index in [2.05, 4.69) is 41.7 Å². The van der Waals surface area contributed by atoms with Crippen LogP contribution in [0, 0.1) is 0 Å². The number of likely N-dealkylation sites (N-methyl/N-ethyl adjacent to an activating group) is 1. The van der Waals surface area contributed by atoms with Gasteiger partial charge in [-0.05, 0) is 39.1 Å². The normalized spacial score (nSPS) is 25.2. The number of nitrogens with zero attached hydrogens (tertiary/aromatic N) is 2. The Kier molecular flexibility index (Phi) is 4.07. The Morgan fingerprint density at radius 1 is 1.28 bits per heavy atom. The van der Waals surface area contributed by atoms with Crippen molar-refractivity contribution >= 4 is 21.8 Å². The predicted molar refractivity (Wildman–Crippen MR) is 76.7 cm³/mol. The predicted octanol–water partition coefficient (Wildman–Crippen LogP) is 2.61. The first-order chi connectivity index (χ1) is 8.49. The van der Waals surface area contributed by atoms with E-state index < -0.39 is 0 Å². The molecule has 0 aliphatic carbocycles. The number of rotatable bonds is 1. The average molecular weight is 311 g/mol. The Bertz CT molecular complexity index is 437. The minimum atomic E-state index is 0.128. The van der Waals surface area contributed by atoms with Crippen molar-refractivity contribution in [3.8, 4) is 0 Å². The lowest BCUT2D eigenvalue weighted by atomic mass is 10.1. The number of hydrogen-bond acceptors (Lipinski definition) is 2. The fraction of sp³-hybridized carbons (Fsp3) is 0.500. The van der Waals surface area contributed by atoms with Gasteiger partial charge in [-0.15, -0.1) is 0 Å². The number of carbonyl (C=O) groups excluding carboxylic acids is 1. The summed E-state index contributed by atoms with van der Waals surface area (Å²) < 4.78 is 0.948. The largest absolute Gasteiger partial charge is 0.336 e. The third-order valence-corrected chi connectivity index (χ3v) is 4.21. The van der Waals surface area contributed by atoms with Crippen LogP contribution in [0.4, 0.5) is 0 Å². The van der Waals surface area contributed by atoms with Gasteiger partial charge < -0.3 is 4.90 Å². The van der Waals surface area contributed by atoms with Crippen molar-refractivity contribution in [1.29, 1.82) is 0 Å². The maximum Gasteiger partial charge on any atom is 0.253 e. The second-order valence-electron chi connectivity index (χ2n) is 5.08. The molecule has 0 bridgehead atoms. The van der Waals surface area contributed by atoms with Crippen LogP contribution in [0.25, 0.3) is 0 Å². The molecule has 2 rings (SSSR count). The smallest absolute Gasteiger partial charge is 0.253 e. The zero-order valence-corrected chi connectivity index (χ0v) is 12.6. The fourth-order valence-electron chi connectivity index (χ4n) is 2.37. The molecule has 0 radical (unpaired) electrons. The first-order valence-electron chi connectivity index (χ1n) is 6.26. The van der Waals surface area contributed by atoms with Crippen molar-refractivity contribution in [3.63, 3.8) is 0 Å². The van der Waals surface area contributed by atoms with Crippen molar-refractivity contribution in [2.24, 2.45) is 0 Å². The molecule has 98 valence electrons. The summed E-state index contributed by atoms with van der Waals surface area (Å²) in [6.07, 6.45) is 0. The number of benzene rings is 1. The molecule has 4 heteroatoms. The van der Waals surface area contributed by atoms with Gasteiger partial charge in [-0.25, -0.2) is 0 Å². The number of carbonyl (C=O) groups is 1. The van der Waals surface area contributed by atoms with Gasteiger partial charge in [0, 0.05) is 35.2 Å². The van der Waals surface area contributed by atoms with Gasteiger partial charge in [-0.2, -0.15) is 0 Å². The van der Waals surface area contributed by atoms with Gasteiger partial charge in [0.15, 0.2) is 0 Å². The van der Waals surface area contributed by atoms with Crippen LogP contribution >= 0.6 is 15.9 Å². The van der Waals surface area contributed by atoms with Gasteiger partial charge in [0.25, 0.3) is 5.91 Å². The van der Waals surface area contributed by atoms with E-state index in [1.807, 2.05) is 29.2 Å². The number of hydrogen-bond donors (Lipinski definition) is 0. The van der Waals surface area contributed by atoms with Crippen molar-refractivity contribution in [3.05, 3.63) is 34.3 Å². The van der Waals surface area contributed by atoms with E-state index in [1.165, 1.54) is 0 Å². The molecule has 0 N–H and O–H groups in total. The van der Waals surface area contributed by atoms with Crippen molar-refractivity contribution in [2.45, 2.75) is 25.9 Å². The highest BCUT2D eigenvalue weighted by atomic mass is 79.9. The zero-order valence-electron chi connectivity index (χ0n) is 11.1. The standard InChI is InChI=1S/C14H19BrN2O/c1-10-8-17(9-11(2)16(10)3)14(18)12-5-4-6-13(15)7-12/h4-7,10-11H,8-9H2,1-3H3. The molecule has 0 saturated carbocycles. The lowest BCUT2D eigenvalue weighted by molar-refractivity contribution is 0.0414. The lowest BCUT2D eigenvalue weighted by Gasteiger charge is -2.42. The topological polar surface area (TPSA) is 23.6 Å². The van der Waals surface area contributed by atoms with E-state index in [1.54, 1.807) is 0 Å². The molecule has 1 aromatic carbocycles. The number of piperazine rings is 1. The highest BCUT2D eigenvalue weighted by Crippen LogP contribution is 2.18. The van der Waals surface area contributed by atoms with Crippen molar-refractivity contribution in [1.82, 2.24) is 9.80 Å². The summed E-state index contributed by atoms with van der Waals surface area (Å²) in [5, 5.41) is 0. The molecule has 2 atom stereocenters. The molecule has 1 amide bonds. The molecular weight excluding hydrogens is 292 g/mol. The molecule has 1 heterocycles.